The minimum atomic E-state index is -3.20. The van der Waals surface area contributed by atoms with Crippen LogP contribution in [0.5, 0.6) is 0 Å². The van der Waals surface area contributed by atoms with Gasteiger partial charge in [-0.25, -0.2) is 13.4 Å². The topological polar surface area (TPSA) is 78.0 Å². The van der Waals surface area contributed by atoms with Crippen LogP contribution in [0.15, 0.2) is 47.4 Å². The van der Waals surface area contributed by atoms with Crippen molar-refractivity contribution in [2.24, 2.45) is 0 Å². The molecule has 2 aromatic carbocycles. The Hall–Kier alpha value is -1.61. The van der Waals surface area contributed by atoms with Gasteiger partial charge in [0.1, 0.15) is 0 Å². The number of nitrogen functional groups attached to an aromatic ring is 1. The highest BCUT2D eigenvalue weighted by Gasteiger charge is 2.12. The summed E-state index contributed by atoms with van der Waals surface area (Å²) >= 11 is 2.22. The van der Waals surface area contributed by atoms with E-state index in [4.69, 9.17) is 5.73 Å². The first-order valence-corrected chi connectivity index (χ1v) is 9.07. The number of nitrogens with two attached hydrogens (primary N) is 1. The van der Waals surface area contributed by atoms with E-state index in [1.54, 1.807) is 28.8 Å². The minimum absolute atomic E-state index is 0.281. The molecule has 3 aromatic rings. The van der Waals surface area contributed by atoms with Gasteiger partial charge in [-0.1, -0.05) is 0 Å². The van der Waals surface area contributed by atoms with Crippen LogP contribution >= 0.6 is 22.6 Å². The molecule has 5 nitrogen and oxygen atoms in total. The molecular formula is C14H12IN3O2S. The molecule has 7 heteroatoms. The third-order valence-corrected chi connectivity index (χ3v) is 4.96. The van der Waals surface area contributed by atoms with Crippen LogP contribution in [0.3, 0.4) is 0 Å². The Morgan fingerprint density at radius 3 is 2.43 bits per heavy atom. The number of aromatic nitrogens is 2. The quantitative estimate of drug-likeness (QED) is 0.656. The summed E-state index contributed by atoms with van der Waals surface area (Å²) in [6.45, 7) is 0. The van der Waals surface area contributed by atoms with Gasteiger partial charge >= 0.3 is 0 Å². The first-order valence-electron chi connectivity index (χ1n) is 6.10. The van der Waals surface area contributed by atoms with Gasteiger partial charge in [-0.2, -0.15) is 0 Å². The highest BCUT2D eigenvalue weighted by atomic mass is 127. The van der Waals surface area contributed by atoms with Gasteiger partial charge in [-0.15, -0.1) is 0 Å². The minimum Gasteiger partial charge on any atom is -0.369 e. The predicted octanol–water partition coefficient (Wildman–Crippen LogP) is 2.62. The fourth-order valence-electron chi connectivity index (χ4n) is 2.19. The molecule has 0 radical (unpaired) electrons. The van der Waals surface area contributed by atoms with Gasteiger partial charge in [-0.3, -0.25) is 4.57 Å². The number of sulfone groups is 1. The van der Waals surface area contributed by atoms with Crippen LogP contribution in [0.4, 0.5) is 5.95 Å². The van der Waals surface area contributed by atoms with Crippen LogP contribution in [0.25, 0.3) is 16.7 Å². The first kappa shape index (κ1) is 14.3. The van der Waals surface area contributed by atoms with Crippen molar-refractivity contribution in [3.63, 3.8) is 0 Å². The third-order valence-electron chi connectivity index (χ3n) is 3.17. The Morgan fingerprint density at radius 1 is 1.14 bits per heavy atom. The molecule has 1 heterocycles. The summed E-state index contributed by atoms with van der Waals surface area (Å²) in [7, 11) is -3.20. The third kappa shape index (κ3) is 2.62. The van der Waals surface area contributed by atoms with Gasteiger partial charge in [0, 0.05) is 15.5 Å². The zero-order chi connectivity index (χ0) is 15.2. The second-order valence-corrected chi connectivity index (χ2v) is 7.97. The maximum absolute atomic E-state index is 11.5. The van der Waals surface area contributed by atoms with Gasteiger partial charge in [0.2, 0.25) is 5.95 Å². The van der Waals surface area contributed by atoms with E-state index >= 15 is 0 Å². The maximum atomic E-state index is 11.5. The summed E-state index contributed by atoms with van der Waals surface area (Å²) < 4.78 is 25.9. The summed E-state index contributed by atoms with van der Waals surface area (Å²) in [6, 6.07) is 12.5. The molecule has 0 spiro atoms. The van der Waals surface area contributed by atoms with E-state index in [1.807, 2.05) is 18.2 Å². The fourth-order valence-corrected chi connectivity index (χ4v) is 3.29. The number of anilines is 1. The van der Waals surface area contributed by atoms with Gasteiger partial charge in [0.25, 0.3) is 0 Å². The van der Waals surface area contributed by atoms with Crippen molar-refractivity contribution < 1.29 is 8.42 Å². The zero-order valence-corrected chi connectivity index (χ0v) is 14.1. The molecule has 0 aliphatic heterocycles. The molecule has 1 aromatic heterocycles. The molecule has 3 rings (SSSR count). The molecule has 0 saturated heterocycles. The number of hydrogen-bond acceptors (Lipinski definition) is 4. The van der Waals surface area contributed by atoms with Crippen LogP contribution in [-0.2, 0) is 9.84 Å². The Labute approximate surface area is 135 Å². The summed E-state index contributed by atoms with van der Waals surface area (Å²) in [4.78, 5) is 4.62. The number of halogens is 1. The molecule has 0 saturated carbocycles. The smallest absolute Gasteiger partial charge is 0.205 e. The van der Waals surface area contributed by atoms with Crippen LogP contribution in [-0.4, -0.2) is 24.2 Å². The first-order chi connectivity index (χ1) is 9.86. The Balaban J connectivity index is 2.19. The monoisotopic (exact) mass is 413 g/mol. The highest BCUT2D eigenvalue weighted by molar-refractivity contribution is 14.1. The molecule has 108 valence electrons. The van der Waals surface area contributed by atoms with Crippen LogP contribution < -0.4 is 5.73 Å². The number of benzene rings is 2. The van der Waals surface area contributed by atoms with Gasteiger partial charge in [0.05, 0.1) is 15.9 Å². The predicted molar refractivity (Wildman–Crippen MR) is 91.3 cm³/mol. The lowest BCUT2D eigenvalue weighted by Gasteiger charge is -2.07. The maximum Gasteiger partial charge on any atom is 0.205 e. The van der Waals surface area contributed by atoms with Crippen molar-refractivity contribution in [2.75, 3.05) is 12.0 Å². The van der Waals surface area contributed by atoms with E-state index in [-0.39, 0.29) is 4.90 Å². The standard InChI is InChI=1S/C14H12IN3O2S/c1-21(19,20)11-5-3-10(4-6-11)18-13-7-2-9(15)8-12(13)17-14(18)16/h2-8H,1H3,(H2,16,17). The molecule has 0 aliphatic rings. The van der Waals surface area contributed by atoms with E-state index in [0.29, 0.717) is 5.95 Å². The van der Waals surface area contributed by atoms with E-state index in [2.05, 4.69) is 27.6 Å². The second-order valence-electron chi connectivity index (χ2n) is 4.70. The van der Waals surface area contributed by atoms with Gasteiger partial charge in [0.15, 0.2) is 9.84 Å². The van der Waals surface area contributed by atoms with Crippen molar-refractivity contribution in [1.29, 1.82) is 0 Å². The lowest BCUT2D eigenvalue weighted by Crippen LogP contribution is -2.02. The zero-order valence-electron chi connectivity index (χ0n) is 11.1. The lowest BCUT2D eigenvalue weighted by molar-refractivity contribution is 0.602. The Kier molecular flexibility index (Phi) is 3.40. The number of hydrogen-bond donors (Lipinski definition) is 1. The Morgan fingerprint density at radius 2 is 1.81 bits per heavy atom. The molecule has 0 unspecified atom stereocenters. The number of rotatable bonds is 2. The van der Waals surface area contributed by atoms with E-state index in [0.717, 1.165) is 20.3 Å². The number of imidazole rings is 1. The van der Waals surface area contributed by atoms with Crippen molar-refractivity contribution in [1.82, 2.24) is 9.55 Å². The van der Waals surface area contributed by atoms with Crippen molar-refractivity contribution in [3.8, 4) is 5.69 Å². The molecule has 0 fully saturated rings. The summed E-state index contributed by atoms with van der Waals surface area (Å²) in [6.07, 6.45) is 1.19. The van der Waals surface area contributed by atoms with Crippen molar-refractivity contribution >= 4 is 49.4 Å². The van der Waals surface area contributed by atoms with Crippen molar-refractivity contribution in [2.45, 2.75) is 4.90 Å². The van der Waals surface area contributed by atoms with Crippen LogP contribution in [0, 0.1) is 3.57 Å². The van der Waals surface area contributed by atoms with Gasteiger partial charge in [-0.05, 0) is 65.1 Å². The fraction of sp³-hybridized carbons (Fsp3) is 0.0714. The Bertz CT molecular complexity index is 931. The van der Waals surface area contributed by atoms with E-state index in [9.17, 15) is 8.42 Å². The highest BCUT2D eigenvalue weighted by Crippen LogP contribution is 2.25. The number of nitrogens with zero attached hydrogens (tertiary/aromatic N) is 2. The average molecular weight is 413 g/mol. The molecule has 0 atom stereocenters. The summed E-state index contributed by atoms with van der Waals surface area (Å²) in [5.41, 5.74) is 8.47. The summed E-state index contributed by atoms with van der Waals surface area (Å²) in [5, 5.41) is 0. The molecule has 0 bridgehead atoms. The summed E-state index contributed by atoms with van der Waals surface area (Å²) in [5.74, 6) is 0.374. The van der Waals surface area contributed by atoms with Crippen LogP contribution in [0.1, 0.15) is 0 Å². The van der Waals surface area contributed by atoms with Crippen molar-refractivity contribution in [3.05, 3.63) is 46.0 Å². The largest absolute Gasteiger partial charge is 0.369 e. The molecule has 0 aliphatic carbocycles. The molecule has 2 N–H and O–H groups in total. The lowest BCUT2D eigenvalue weighted by atomic mass is 10.3. The molecular weight excluding hydrogens is 401 g/mol. The molecule has 0 amide bonds. The van der Waals surface area contributed by atoms with Gasteiger partial charge < -0.3 is 5.73 Å². The van der Waals surface area contributed by atoms with E-state index < -0.39 is 9.84 Å². The van der Waals surface area contributed by atoms with Crippen LogP contribution in [0.2, 0.25) is 0 Å². The van der Waals surface area contributed by atoms with E-state index in [1.165, 1.54) is 6.26 Å². The second kappa shape index (κ2) is 4.99. The normalized spacial score (nSPS) is 11.9. The number of fused-ring (bicyclic) bond motifs is 1. The SMILES string of the molecule is CS(=O)(=O)c1ccc(-n2c(N)nc3cc(I)ccc32)cc1. The average Bonchev–Trinajstić information content (AvgIpc) is 2.73. The molecule has 21 heavy (non-hydrogen) atoms.